The van der Waals surface area contributed by atoms with Gasteiger partial charge in [-0.05, 0) is 49.4 Å². The van der Waals surface area contributed by atoms with Crippen molar-refractivity contribution in [3.8, 4) is 5.75 Å². The average Bonchev–Trinajstić information content (AvgIpc) is 2.97. The Morgan fingerprint density at radius 1 is 1.23 bits per heavy atom. The van der Waals surface area contributed by atoms with Crippen LogP contribution >= 0.6 is 23.4 Å². The van der Waals surface area contributed by atoms with Gasteiger partial charge in [0, 0.05) is 5.56 Å². The molecule has 26 heavy (non-hydrogen) atoms. The largest absolute Gasteiger partial charge is 0.490 e. The fourth-order valence-electron chi connectivity index (χ4n) is 2.28. The number of ether oxygens (including phenoxy) is 1. The minimum atomic E-state index is -0.181. The molecule has 3 rings (SSSR count). The molecule has 0 aliphatic carbocycles. The number of nitrogens with one attached hydrogen (secondary N) is 1. The van der Waals surface area contributed by atoms with Gasteiger partial charge >= 0.3 is 0 Å². The highest BCUT2D eigenvalue weighted by Crippen LogP contribution is 2.32. The second-order valence-electron chi connectivity index (χ2n) is 5.81. The first-order valence-corrected chi connectivity index (χ1v) is 9.56. The number of halogens is 1. The lowest BCUT2D eigenvalue weighted by Gasteiger charge is -2.14. The molecule has 1 N–H and O–H groups in total. The monoisotopic (exact) mass is 386 g/mol. The lowest BCUT2D eigenvalue weighted by Crippen LogP contribution is -2.19. The van der Waals surface area contributed by atoms with Crippen LogP contribution in [0.2, 0.25) is 5.02 Å². The van der Waals surface area contributed by atoms with E-state index in [1.165, 1.54) is 11.8 Å². The van der Waals surface area contributed by atoms with Crippen molar-refractivity contribution < 1.29 is 9.53 Å². The molecule has 134 valence electrons. The van der Waals surface area contributed by atoms with E-state index < -0.39 is 0 Å². The van der Waals surface area contributed by atoms with Gasteiger partial charge in [0.1, 0.15) is 5.75 Å². The second-order valence-corrected chi connectivity index (χ2v) is 7.25. The summed E-state index contributed by atoms with van der Waals surface area (Å²) in [7, 11) is 0. The number of rotatable bonds is 5. The lowest BCUT2D eigenvalue weighted by molar-refractivity contribution is -0.115. The van der Waals surface area contributed by atoms with Crippen LogP contribution in [0.4, 0.5) is 5.69 Å². The van der Waals surface area contributed by atoms with E-state index in [0.717, 1.165) is 17.7 Å². The Morgan fingerprint density at radius 3 is 2.73 bits per heavy atom. The summed E-state index contributed by atoms with van der Waals surface area (Å²) in [4.78, 5) is 17.3. The molecule has 0 aromatic heterocycles. The Bertz CT molecular complexity index is 880. The molecule has 1 aliphatic heterocycles. The summed E-state index contributed by atoms with van der Waals surface area (Å²) < 4.78 is 5.95. The van der Waals surface area contributed by atoms with Gasteiger partial charge in [-0.2, -0.15) is 0 Å². The maximum Gasteiger partial charge on any atom is 0.264 e. The van der Waals surface area contributed by atoms with E-state index >= 15 is 0 Å². The third-order valence-corrected chi connectivity index (χ3v) is 5.06. The van der Waals surface area contributed by atoms with E-state index in [1.54, 1.807) is 12.1 Å². The Morgan fingerprint density at radius 2 is 1.96 bits per heavy atom. The van der Waals surface area contributed by atoms with Gasteiger partial charge in [0.05, 0.1) is 21.7 Å². The number of hydrogen-bond acceptors (Lipinski definition) is 4. The number of aliphatic imine (C=N–C) groups is 1. The highest BCUT2D eigenvalue weighted by molar-refractivity contribution is 8.18. The van der Waals surface area contributed by atoms with Crippen molar-refractivity contribution in [3.05, 3.63) is 64.0 Å². The van der Waals surface area contributed by atoms with Gasteiger partial charge in [-0.15, -0.1) is 0 Å². The minimum absolute atomic E-state index is 0.108. The molecular formula is C20H19ClN2O2S. The van der Waals surface area contributed by atoms with E-state index in [0.29, 0.717) is 20.8 Å². The minimum Gasteiger partial charge on any atom is -0.490 e. The van der Waals surface area contributed by atoms with Crippen LogP contribution in [-0.4, -0.2) is 17.2 Å². The molecule has 1 atom stereocenters. The number of carbonyl (C=O) groups excluding carboxylic acids is 1. The number of carbonyl (C=O) groups is 1. The zero-order valence-electron chi connectivity index (χ0n) is 14.5. The van der Waals surface area contributed by atoms with E-state index in [9.17, 15) is 4.79 Å². The van der Waals surface area contributed by atoms with E-state index in [4.69, 9.17) is 16.3 Å². The second kappa shape index (κ2) is 8.43. The normalized spacial score (nSPS) is 18.2. The molecule has 0 spiro atoms. The van der Waals surface area contributed by atoms with Crippen LogP contribution in [0, 0.1) is 0 Å². The van der Waals surface area contributed by atoms with Crippen molar-refractivity contribution in [1.29, 1.82) is 0 Å². The third kappa shape index (κ3) is 4.48. The average molecular weight is 387 g/mol. The zero-order chi connectivity index (χ0) is 18.5. The van der Waals surface area contributed by atoms with Crippen molar-refractivity contribution >= 4 is 46.2 Å². The predicted octanol–water partition coefficient (Wildman–Crippen LogP) is 5.41. The molecule has 0 unspecified atom stereocenters. The molecule has 1 fully saturated rings. The number of thioether (sulfide) groups is 1. The van der Waals surface area contributed by atoms with Crippen molar-refractivity contribution in [2.45, 2.75) is 26.4 Å². The Labute approximate surface area is 162 Å². The molecule has 1 saturated heterocycles. The van der Waals surface area contributed by atoms with E-state index in [2.05, 4.69) is 17.2 Å². The van der Waals surface area contributed by atoms with Crippen LogP contribution in [0.15, 0.2) is 58.4 Å². The Hall–Kier alpha value is -2.24. The van der Waals surface area contributed by atoms with Crippen LogP contribution in [0.25, 0.3) is 6.08 Å². The van der Waals surface area contributed by atoms with Crippen molar-refractivity contribution in [1.82, 2.24) is 5.32 Å². The summed E-state index contributed by atoms with van der Waals surface area (Å²) in [5, 5.41) is 3.83. The van der Waals surface area contributed by atoms with Crippen LogP contribution in [0.5, 0.6) is 5.75 Å². The fourth-order valence-corrected chi connectivity index (χ4v) is 3.28. The molecule has 0 saturated carbocycles. The fraction of sp³-hybridized carbons (Fsp3) is 0.200. The molecule has 1 amide bonds. The smallest absolute Gasteiger partial charge is 0.264 e. The first-order valence-electron chi connectivity index (χ1n) is 8.36. The van der Waals surface area contributed by atoms with Gasteiger partial charge in [0.2, 0.25) is 0 Å². The van der Waals surface area contributed by atoms with Gasteiger partial charge in [0.25, 0.3) is 5.91 Å². The van der Waals surface area contributed by atoms with Gasteiger partial charge in [-0.3, -0.25) is 4.79 Å². The third-order valence-electron chi connectivity index (χ3n) is 3.83. The summed E-state index contributed by atoms with van der Waals surface area (Å²) in [6, 6.07) is 15.0. The molecule has 1 aliphatic rings. The zero-order valence-corrected chi connectivity index (χ0v) is 16.1. The molecule has 1 heterocycles. The van der Waals surface area contributed by atoms with Crippen LogP contribution in [-0.2, 0) is 4.79 Å². The number of benzene rings is 2. The van der Waals surface area contributed by atoms with Crippen LogP contribution in [0.1, 0.15) is 25.8 Å². The maximum absolute atomic E-state index is 12.3. The van der Waals surface area contributed by atoms with Crippen molar-refractivity contribution in [2.75, 3.05) is 0 Å². The maximum atomic E-state index is 12.3. The molecule has 0 radical (unpaired) electrons. The summed E-state index contributed by atoms with van der Waals surface area (Å²) in [6.07, 6.45) is 2.85. The van der Waals surface area contributed by atoms with E-state index in [-0.39, 0.29) is 12.0 Å². The highest BCUT2D eigenvalue weighted by atomic mass is 35.5. The summed E-state index contributed by atoms with van der Waals surface area (Å²) in [6.45, 7) is 4.10. The number of amides is 1. The Kier molecular flexibility index (Phi) is 6.01. The van der Waals surface area contributed by atoms with Gasteiger partial charge in [-0.1, -0.05) is 48.9 Å². The summed E-state index contributed by atoms with van der Waals surface area (Å²) in [5.74, 6) is 0.582. The summed E-state index contributed by atoms with van der Waals surface area (Å²) >= 11 is 7.41. The van der Waals surface area contributed by atoms with Crippen molar-refractivity contribution in [3.63, 3.8) is 0 Å². The standard InChI is InChI=1S/C20H19ClN2O2S/c1-3-13(2)25-17-11-7-4-8-14(17)12-18-19(24)23-20(26-18)22-16-10-6-5-9-15(16)21/h4-13H,3H2,1-2H3,(H,22,23,24)/b18-12-/t13-/m0/s1. The number of hydrogen-bond donors (Lipinski definition) is 1. The quantitative estimate of drug-likeness (QED) is 0.699. The van der Waals surface area contributed by atoms with Gasteiger partial charge in [0.15, 0.2) is 5.17 Å². The first-order chi connectivity index (χ1) is 12.6. The highest BCUT2D eigenvalue weighted by Gasteiger charge is 2.24. The first kappa shape index (κ1) is 18.5. The topological polar surface area (TPSA) is 50.7 Å². The number of amidine groups is 1. The number of para-hydroxylation sites is 2. The Balaban J connectivity index is 1.85. The summed E-state index contributed by atoms with van der Waals surface area (Å²) in [5.41, 5.74) is 1.49. The SMILES string of the molecule is CC[C@H](C)Oc1ccccc1/C=C1\SC(=Nc2ccccc2Cl)NC1=O. The molecule has 0 bridgehead atoms. The van der Waals surface area contributed by atoms with Gasteiger partial charge in [-0.25, -0.2) is 4.99 Å². The van der Waals surface area contributed by atoms with E-state index in [1.807, 2.05) is 49.4 Å². The molecular weight excluding hydrogens is 368 g/mol. The van der Waals surface area contributed by atoms with Crippen LogP contribution < -0.4 is 10.1 Å². The number of nitrogens with zero attached hydrogens (tertiary/aromatic N) is 1. The molecule has 2 aromatic rings. The van der Waals surface area contributed by atoms with Crippen molar-refractivity contribution in [2.24, 2.45) is 4.99 Å². The molecule has 6 heteroatoms. The predicted molar refractivity (Wildman–Crippen MR) is 109 cm³/mol. The molecule has 2 aromatic carbocycles. The van der Waals surface area contributed by atoms with Gasteiger partial charge < -0.3 is 10.1 Å². The lowest BCUT2D eigenvalue weighted by atomic mass is 10.1. The van der Waals surface area contributed by atoms with Crippen LogP contribution in [0.3, 0.4) is 0 Å². The molecule has 4 nitrogen and oxygen atoms in total.